The quantitative estimate of drug-likeness (QED) is 0.940. The molecule has 0 radical (unpaired) electrons. The van der Waals surface area contributed by atoms with Crippen LogP contribution in [0.3, 0.4) is 0 Å². The van der Waals surface area contributed by atoms with Crippen molar-refractivity contribution < 1.29 is 4.74 Å². The molecule has 5 nitrogen and oxygen atoms in total. The Morgan fingerprint density at radius 3 is 2.43 bits per heavy atom. The van der Waals surface area contributed by atoms with E-state index in [-0.39, 0.29) is 17.0 Å². The fourth-order valence-electron chi connectivity index (χ4n) is 1.96. The molecular weight excluding hydrogens is 264 g/mol. The molecule has 0 fully saturated rings. The van der Waals surface area contributed by atoms with E-state index < -0.39 is 0 Å². The number of benzene rings is 1. The third-order valence-corrected chi connectivity index (χ3v) is 3.13. The Bertz CT molecular complexity index is 672. The minimum atomic E-state index is -0.304. The van der Waals surface area contributed by atoms with Gasteiger partial charge in [-0.2, -0.15) is 5.26 Å². The molecule has 1 heterocycles. The van der Waals surface area contributed by atoms with Crippen molar-refractivity contribution in [2.75, 3.05) is 5.73 Å². The molecule has 0 saturated heterocycles. The monoisotopic (exact) mass is 284 g/mol. The molecule has 1 aromatic heterocycles. The van der Waals surface area contributed by atoms with Gasteiger partial charge in [0.1, 0.15) is 18.5 Å². The maximum absolute atomic E-state index is 9.25. The summed E-state index contributed by atoms with van der Waals surface area (Å²) in [6.45, 7) is 8.31. The Kier molecular flexibility index (Phi) is 3.90. The predicted molar refractivity (Wildman–Crippen MR) is 81.9 cm³/mol. The van der Waals surface area contributed by atoms with E-state index in [2.05, 4.69) is 11.2 Å². The number of rotatable bonds is 3. The van der Waals surface area contributed by atoms with Crippen LogP contribution in [0, 0.1) is 18.3 Å². The van der Waals surface area contributed by atoms with Gasteiger partial charge in [0.15, 0.2) is 5.56 Å². The van der Waals surface area contributed by atoms with Crippen LogP contribution in [0.25, 0.3) is 0 Å². The SMILES string of the molecule is Cc1ccc(COc2nn(C(C)(C)C)c(N)c2C#N)cc1. The summed E-state index contributed by atoms with van der Waals surface area (Å²) >= 11 is 0. The van der Waals surface area contributed by atoms with Gasteiger partial charge in [0, 0.05) is 0 Å². The molecule has 0 unspecified atom stereocenters. The van der Waals surface area contributed by atoms with Crippen LogP contribution in [0.15, 0.2) is 24.3 Å². The zero-order valence-electron chi connectivity index (χ0n) is 12.8. The van der Waals surface area contributed by atoms with Gasteiger partial charge >= 0.3 is 0 Å². The van der Waals surface area contributed by atoms with Gasteiger partial charge in [-0.15, -0.1) is 5.10 Å². The topological polar surface area (TPSA) is 76.9 Å². The van der Waals surface area contributed by atoms with Crippen molar-refractivity contribution >= 4 is 5.82 Å². The lowest BCUT2D eigenvalue weighted by Crippen LogP contribution is -2.24. The number of aryl methyl sites for hydroxylation is 1. The fourth-order valence-corrected chi connectivity index (χ4v) is 1.96. The van der Waals surface area contributed by atoms with Crippen molar-refractivity contribution in [1.29, 1.82) is 5.26 Å². The largest absolute Gasteiger partial charge is 0.471 e. The fraction of sp³-hybridized carbons (Fsp3) is 0.375. The molecule has 2 N–H and O–H groups in total. The molecule has 1 aromatic carbocycles. The number of nitriles is 1. The van der Waals surface area contributed by atoms with Gasteiger partial charge in [0.25, 0.3) is 5.88 Å². The molecule has 0 bridgehead atoms. The minimum absolute atomic E-state index is 0.283. The van der Waals surface area contributed by atoms with E-state index in [1.807, 2.05) is 52.0 Å². The number of anilines is 1. The van der Waals surface area contributed by atoms with Crippen LogP contribution in [-0.4, -0.2) is 9.78 Å². The van der Waals surface area contributed by atoms with Crippen molar-refractivity contribution in [1.82, 2.24) is 9.78 Å². The number of hydrogen-bond donors (Lipinski definition) is 1. The molecule has 5 heteroatoms. The van der Waals surface area contributed by atoms with Crippen molar-refractivity contribution in [3.8, 4) is 11.9 Å². The summed E-state index contributed by atoms with van der Waals surface area (Å²) in [4.78, 5) is 0. The second-order valence-corrected chi connectivity index (χ2v) is 6.03. The summed E-state index contributed by atoms with van der Waals surface area (Å²) in [7, 11) is 0. The molecule has 2 aromatic rings. The Morgan fingerprint density at radius 1 is 1.29 bits per heavy atom. The molecule has 0 saturated carbocycles. The summed E-state index contributed by atoms with van der Waals surface area (Å²) in [5.41, 5.74) is 8.19. The average Bonchev–Trinajstić information content (AvgIpc) is 2.74. The summed E-state index contributed by atoms with van der Waals surface area (Å²) in [6.07, 6.45) is 0. The van der Waals surface area contributed by atoms with Gasteiger partial charge in [-0.1, -0.05) is 29.8 Å². The minimum Gasteiger partial charge on any atom is -0.471 e. The third kappa shape index (κ3) is 3.16. The first-order valence-electron chi connectivity index (χ1n) is 6.80. The molecule has 0 amide bonds. The highest BCUT2D eigenvalue weighted by atomic mass is 16.5. The number of nitrogens with two attached hydrogens (primary N) is 1. The lowest BCUT2D eigenvalue weighted by atomic mass is 10.1. The van der Waals surface area contributed by atoms with Crippen LogP contribution < -0.4 is 10.5 Å². The molecule has 0 spiro atoms. The predicted octanol–water partition coefficient (Wildman–Crippen LogP) is 2.98. The van der Waals surface area contributed by atoms with Gasteiger partial charge in [0.05, 0.1) is 5.54 Å². The number of nitrogen functional groups attached to an aromatic ring is 1. The Labute approximate surface area is 124 Å². The number of nitrogens with zero attached hydrogens (tertiary/aromatic N) is 3. The van der Waals surface area contributed by atoms with Crippen LogP contribution in [0.5, 0.6) is 5.88 Å². The van der Waals surface area contributed by atoms with E-state index in [1.165, 1.54) is 5.56 Å². The van der Waals surface area contributed by atoms with E-state index in [9.17, 15) is 5.26 Å². The molecular formula is C16H20N4O. The second-order valence-electron chi connectivity index (χ2n) is 6.03. The smallest absolute Gasteiger partial charge is 0.253 e. The zero-order chi connectivity index (χ0) is 15.6. The van der Waals surface area contributed by atoms with Crippen molar-refractivity contribution in [3.05, 3.63) is 41.0 Å². The third-order valence-electron chi connectivity index (χ3n) is 3.13. The molecule has 0 aliphatic heterocycles. The highest BCUT2D eigenvalue weighted by molar-refractivity contribution is 5.55. The van der Waals surface area contributed by atoms with Gasteiger partial charge in [-0.05, 0) is 33.3 Å². The number of aromatic nitrogens is 2. The van der Waals surface area contributed by atoms with Crippen LogP contribution in [0.4, 0.5) is 5.82 Å². The zero-order valence-corrected chi connectivity index (χ0v) is 12.8. The molecule has 0 aliphatic carbocycles. The summed E-state index contributed by atoms with van der Waals surface area (Å²) < 4.78 is 7.30. The van der Waals surface area contributed by atoms with Crippen molar-refractivity contribution in [2.24, 2.45) is 0 Å². The van der Waals surface area contributed by atoms with Gasteiger partial charge in [-0.3, -0.25) is 0 Å². The van der Waals surface area contributed by atoms with Gasteiger partial charge in [-0.25, -0.2) is 4.68 Å². The van der Waals surface area contributed by atoms with Crippen LogP contribution in [0.2, 0.25) is 0 Å². The normalized spacial score (nSPS) is 11.2. The summed E-state index contributed by atoms with van der Waals surface area (Å²) in [6, 6.07) is 10.1. The highest BCUT2D eigenvalue weighted by Gasteiger charge is 2.24. The molecule has 0 aliphatic rings. The van der Waals surface area contributed by atoms with Gasteiger partial charge < -0.3 is 10.5 Å². The Morgan fingerprint density at radius 2 is 1.90 bits per heavy atom. The van der Waals surface area contributed by atoms with Crippen LogP contribution in [0.1, 0.15) is 37.5 Å². The van der Waals surface area contributed by atoms with E-state index in [1.54, 1.807) is 4.68 Å². The molecule has 21 heavy (non-hydrogen) atoms. The standard InChI is InChI=1S/C16H20N4O/c1-11-5-7-12(8-6-11)10-21-15-13(9-17)14(18)20(19-15)16(2,3)4/h5-8H,10,18H2,1-4H3. The average molecular weight is 284 g/mol. The summed E-state index contributed by atoms with van der Waals surface area (Å²) in [5, 5.41) is 13.6. The van der Waals surface area contributed by atoms with Gasteiger partial charge in [0.2, 0.25) is 0 Å². The van der Waals surface area contributed by atoms with E-state index >= 15 is 0 Å². The molecule has 0 atom stereocenters. The van der Waals surface area contributed by atoms with E-state index in [4.69, 9.17) is 10.5 Å². The first-order valence-corrected chi connectivity index (χ1v) is 6.80. The molecule has 2 rings (SSSR count). The first kappa shape index (κ1) is 14.9. The van der Waals surface area contributed by atoms with Crippen molar-refractivity contribution in [3.63, 3.8) is 0 Å². The number of hydrogen-bond acceptors (Lipinski definition) is 4. The highest BCUT2D eigenvalue weighted by Crippen LogP contribution is 2.28. The second kappa shape index (κ2) is 5.49. The maximum Gasteiger partial charge on any atom is 0.253 e. The Balaban J connectivity index is 2.24. The molecule has 110 valence electrons. The van der Waals surface area contributed by atoms with E-state index in [0.29, 0.717) is 12.4 Å². The Hall–Kier alpha value is -2.48. The van der Waals surface area contributed by atoms with Crippen LogP contribution >= 0.6 is 0 Å². The number of ether oxygens (including phenoxy) is 1. The lowest BCUT2D eigenvalue weighted by Gasteiger charge is -2.20. The van der Waals surface area contributed by atoms with E-state index in [0.717, 1.165) is 5.56 Å². The van der Waals surface area contributed by atoms with Crippen LogP contribution in [-0.2, 0) is 12.1 Å². The summed E-state index contributed by atoms with van der Waals surface area (Å²) in [5.74, 6) is 0.620. The lowest BCUT2D eigenvalue weighted by molar-refractivity contribution is 0.276. The maximum atomic E-state index is 9.25. The van der Waals surface area contributed by atoms with Crippen molar-refractivity contribution in [2.45, 2.75) is 39.8 Å². The first-order chi connectivity index (χ1) is 9.82.